The highest BCUT2D eigenvalue weighted by molar-refractivity contribution is 5.84. The second-order valence-electron chi connectivity index (χ2n) is 7.66. The highest BCUT2D eigenvalue weighted by atomic mass is 16.1. The Balaban J connectivity index is 1.27. The molecule has 2 aliphatic heterocycles. The van der Waals surface area contributed by atoms with Crippen LogP contribution in [-0.4, -0.2) is 41.5 Å². The molecule has 0 bridgehead atoms. The lowest BCUT2D eigenvalue weighted by molar-refractivity contribution is -0.121. The number of aryl methyl sites for hydroxylation is 1. The standard InChI is InChI=1S/C21H29N3O/c25-21(11-10-16-14-22-19-8-2-1-7-18(16)19)23-15-17-6-5-13-24-12-4-3-9-20(17)24/h1-2,7-8,14,17,20,22H,3-6,9-13,15H2,(H,23,25)/t17-,20+/m1/s1. The summed E-state index contributed by atoms with van der Waals surface area (Å²) in [5.74, 6) is 0.837. The Morgan fingerprint density at radius 2 is 2.04 bits per heavy atom. The summed E-state index contributed by atoms with van der Waals surface area (Å²) in [5.41, 5.74) is 2.39. The number of aromatic nitrogens is 1. The summed E-state index contributed by atoms with van der Waals surface area (Å²) < 4.78 is 0. The summed E-state index contributed by atoms with van der Waals surface area (Å²) in [6.07, 6.45) is 9.98. The summed E-state index contributed by atoms with van der Waals surface area (Å²) in [5, 5.41) is 4.46. The Labute approximate surface area is 150 Å². The molecule has 0 spiro atoms. The van der Waals surface area contributed by atoms with E-state index in [1.54, 1.807) is 0 Å². The van der Waals surface area contributed by atoms with Crippen LogP contribution in [0.15, 0.2) is 30.5 Å². The fourth-order valence-corrected chi connectivity index (χ4v) is 4.74. The van der Waals surface area contributed by atoms with Crippen molar-refractivity contribution in [3.05, 3.63) is 36.0 Å². The molecule has 4 heteroatoms. The molecule has 134 valence electrons. The molecular formula is C21H29N3O. The average Bonchev–Trinajstić information content (AvgIpc) is 3.08. The molecule has 4 nitrogen and oxygen atoms in total. The van der Waals surface area contributed by atoms with Gasteiger partial charge in [-0.2, -0.15) is 0 Å². The Hall–Kier alpha value is -1.81. The predicted octanol–water partition coefficient (Wildman–Crippen LogP) is 3.48. The van der Waals surface area contributed by atoms with Gasteiger partial charge in [-0.3, -0.25) is 4.79 Å². The zero-order valence-electron chi connectivity index (χ0n) is 15.0. The van der Waals surface area contributed by atoms with Crippen molar-refractivity contribution in [2.45, 2.75) is 51.0 Å². The van der Waals surface area contributed by atoms with Gasteiger partial charge in [0.1, 0.15) is 0 Å². The maximum atomic E-state index is 12.3. The monoisotopic (exact) mass is 339 g/mol. The van der Waals surface area contributed by atoms with Crippen LogP contribution in [0.25, 0.3) is 10.9 Å². The van der Waals surface area contributed by atoms with E-state index in [0.717, 1.165) is 18.5 Å². The van der Waals surface area contributed by atoms with Gasteiger partial charge < -0.3 is 15.2 Å². The molecule has 3 heterocycles. The largest absolute Gasteiger partial charge is 0.361 e. The van der Waals surface area contributed by atoms with Crippen LogP contribution in [0.4, 0.5) is 0 Å². The smallest absolute Gasteiger partial charge is 0.220 e. The highest BCUT2D eigenvalue weighted by Crippen LogP contribution is 2.30. The van der Waals surface area contributed by atoms with Gasteiger partial charge in [-0.25, -0.2) is 0 Å². The molecule has 2 aromatic rings. The van der Waals surface area contributed by atoms with Gasteiger partial charge >= 0.3 is 0 Å². The van der Waals surface area contributed by atoms with Crippen molar-refractivity contribution in [1.82, 2.24) is 15.2 Å². The molecule has 1 amide bonds. The van der Waals surface area contributed by atoms with Crippen molar-refractivity contribution in [2.24, 2.45) is 5.92 Å². The van der Waals surface area contributed by atoms with Crippen LogP contribution in [-0.2, 0) is 11.2 Å². The van der Waals surface area contributed by atoms with Gasteiger partial charge in [0.05, 0.1) is 0 Å². The molecule has 2 fully saturated rings. The lowest BCUT2D eigenvalue weighted by Crippen LogP contribution is -2.51. The number of piperidine rings is 2. The molecule has 2 atom stereocenters. The summed E-state index contributed by atoms with van der Waals surface area (Å²) in [7, 11) is 0. The van der Waals surface area contributed by atoms with E-state index < -0.39 is 0 Å². The van der Waals surface area contributed by atoms with Gasteiger partial charge in [0, 0.05) is 36.1 Å². The number of H-pyrrole nitrogens is 1. The number of hydrogen-bond donors (Lipinski definition) is 2. The van der Waals surface area contributed by atoms with Crippen molar-refractivity contribution in [2.75, 3.05) is 19.6 Å². The number of nitrogens with zero attached hydrogens (tertiary/aromatic N) is 1. The zero-order chi connectivity index (χ0) is 17.1. The molecule has 2 saturated heterocycles. The molecule has 0 aliphatic carbocycles. The van der Waals surface area contributed by atoms with Crippen LogP contribution >= 0.6 is 0 Å². The molecule has 25 heavy (non-hydrogen) atoms. The van der Waals surface area contributed by atoms with E-state index >= 15 is 0 Å². The normalized spacial score (nSPS) is 24.2. The van der Waals surface area contributed by atoms with Crippen LogP contribution < -0.4 is 5.32 Å². The van der Waals surface area contributed by atoms with Crippen molar-refractivity contribution in [1.29, 1.82) is 0 Å². The van der Waals surface area contributed by atoms with Gasteiger partial charge in [0.15, 0.2) is 0 Å². The predicted molar refractivity (Wildman–Crippen MR) is 102 cm³/mol. The summed E-state index contributed by atoms with van der Waals surface area (Å²) in [4.78, 5) is 18.3. The number of benzene rings is 1. The molecule has 0 unspecified atom stereocenters. The number of carbonyl (C=O) groups excluding carboxylic acids is 1. The summed E-state index contributed by atoms with van der Waals surface area (Å²) >= 11 is 0. The molecule has 1 aromatic carbocycles. The second-order valence-corrected chi connectivity index (χ2v) is 7.66. The lowest BCUT2D eigenvalue weighted by Gasteiger charge is -2.44. The highest BCUT2D eigenvalue weighted by Gasteiger charge is 2.32. The number of aromatic amines is 1. The van der Waals surface area contributed by atoms with E-state index in [0.29, 0.717) is 18.4 Å². The van der Waals surface area contributed by atoms with E-state index in [1.165, 1.54) is 56.1 Å². The number of rotatable bonds is 5. The topological polar surface area (TPSA) is 48.1 Å². The van der Waals surface area contributed by atoms with E-state index in [9.17, 15) is 4.79 Å². The number of para-hydroxylation sites is 1. The third-order valence-electron chi connectivity index (χ3n) is 6.09. The Bertz CT molecular complexity index is 721. The number of amides is 1. The van der Waals surface area contributed by atoms with E-state index in [4.69, 9.17) is 0 Å². The molecule has 0 radical (unpaired) electrons. The molecule has 0 saturated carbocycles. The van der Waals surface area contributed by atoms with Gasteiger partial charge in [0.2, 0.25) is 5.91 Å². The quantitative estimate of drug-likeness (QED) is 0.876. The minimum absolute atomic E-state index is 0.193. The first kappa shape index (κ1) is 16.6. The Morgan fingerprint density at radius 1 is 1.16 bits per heavy atom. The van der Waals surface area contributed by atoms with Gasteiger partial charge in [-0.05, 0) is 62.7 Å². The SMILES string of the molecule is O=C(CCc1c[nH]c2ccccc12)NC[C@H]1CCCN2CCCC[C@@H]12. The molecule has 2 N–H and O–H groups in total. The molecular weight excluding hydrogens is 310 g/mol. The molecule has 2 aliphatic rings. The summed E-state index contributed by atoms with van der Waals surface area (Å²) in [6.45, 7) is 3.37. The fraction of sp³-hybridized carbons (Fsp3) is 0.571. The van der Waals surface area contributed by atoms with Crippen LogP contribution in [0, 0.1) is 5.92 Å². The zero-order valence-corrected chi connectivity index (χ0v) is 15.0. The van der Waals surface area contributed by atoms with E-state index in [-0.39, 0.29) is 5.91 Å². The fourth-order valence-electron chi connectivity index (χ4n) is 4.74. The first-order valence-corrected chi connectivity index (χ1v) is 9.87. The van der Waals surface area contributed by atoms with Gasteiger partial charge in [0.25, 0.3) is 0 Å². The van der Waals surface area contributed by atoms with Crippen LogP contribution in [0.3, 0.4) is 0 Å². The lowest BCUT2D eigenvalue weighted by atomic mass is 9.83. The number of fused-ring (bicyclic) bond motifs is 2. The van der Waals surface area contributed by atoms with Crippen molar-refractivity contribution >= 4 is 16.8 Å². The number of hydrogen-bond acceptors (Lipinski definition) is 2. The third kappa shape index (κ3) is 3.74. The maximum absolute atomic E-state index is 12.3. The minimum Gasteiger partial charge on any atom is -0.361 e. The van der Waals surface area contributed by atoms with Gasteiger partial charge in [-0.15, -0.1) is 0 Å². The van der Waals surface area contributed by atoms with Crippen LogP contribution in [0.1, 0.15) is 44.1 Å². The number of carbonyl (C=O) groups is 1. The molecule has 4 rings (SSSR count). The van der Waals surface area contributed by atoms with Crippen LogP contribution in [0.5, 0.6) is 0 Å². The van der Waals surface area contributed by atoms with Crippen molar-refractivity contribution in [3.63, 3.8) is 0 Å². The van der Waals surface area contributed by atoms with E-state index in [1.807, 2.05) is 12.3 Å². The maximum Gasteiger partial charge on any atom is 0.220 e. The third-order valence-corrected chi connectivity index (χ3v) is 6.09. The molecule has 1 aromatic heterocycles. The Kier molecular flexibility index (Phi) is 5.07. The first-order valence-electron chi connectivity index (χ1n) is 9.87. The van der Waals surface area contributed by atoms with Crippen LogP contribution in [0.2, 0.25) is 0 Å². The summed E-state index contributed by atoms with van der Waals surface area (Å²) in [6, 6.07) is 9.00. The second kappa shape index (κ2) is 7.61. The van der Waals surface area contributed by atoms with Crippen molar-refractivity contribution in [3.8, 4) is 0 Å². The average molecular weight is 339 g/mol. The van der Waals surface area contributed by atoms with Gasteiger partial charge in [-0.1, -0.05) is 24.6 Å². The minimum atomic E-state index is 0.193. The van der Waals surface area contributed by atoms with E-state index in [2.05, 4.69) is 33.4 Å². The number of nitrogens with one attached hydrogen (secondary N) is 2. The first-order chi connectivity index (χ1) is 12.3. The Morgan fingerprint density at radius 3 is 3.00 bits per heavy atom. The van der Waals surface area contributed by atoms with Crippen molar-refractivity contribution < 1.29 is 4.79 Å².